The molecule has 0 saturated carbocycles. The number of hydrogen-bond donors (Lipinski definition) is 1. The second kappa shape index (κ2) is 7.40. The molecule has 0 spiro atoms. The number of ether oxygens (including phenoxy) is 1. The van der Waals surface area contributed by atoms with E-state index in [0.717, 1.165) is 24.8 Å². The fraction of sp³-hybridized carbons (Fsp3) is 0.529. The number of aryl methyl sites for hydroxylation is 1. The van der Waals surface area contributed by atoms with Gasteiger partial charge >= 0.3 is 0 Å². The summed E-state index contributed by atoms with van der Waals surface area (Å²) in [6.07, 6.45) is 4.28. The maximum atomic E-state index is 12.8. The van der Waals surface area contributed by atoms with Gasteiger partial charge in [-0.15, -0.1) is 0 Å². The molecule has 22 heavy (non-hydrogen) atoms. The fourth-order valence-corrected chi connectivity index (χ4v) is 4.23. The molecule has 1 N–H and O–H groups in total. The molecule has 4 nitrogen and oxygen atoms in total. The molecule has 0 amide bonds. The van der Waals surface area contributed by atoms with Crippen molar-refractivity contribution in [3.05, 3.63) is 40.8 Å². The number of aliphatic hydroxyl groups is 1. The summed E-state index contributed by atoms with van der Waals surface area (Å²) in [6.45, 7) is 3.83. The monoisotopic (exact) mass is 324 g/mol. The van der Waals surface area contributed by atoms with Crippen LogP contribution in [0.3, 0.4) is 0 Å². The first-order chi connectivity index (χ1) is 10.5. The first kappa shape index (κ1) is 17.2. The van der Waals surface area contributed by atoms with Crippen LogP contribution < -0.4 is 0 Å². The molecule has 1 aliphatic rings. The molecule has 1 aromatic rings. The van der Waals surface area contributed by atoms with E-state index in [1.807, 2.05) is 6.92 Å². The highest BCUT2D eigenvalue weighted by atomic mass is 32.2. The van der Waals surface area contributed by atoms with E-state index >= 15 is 0 Å². The Balaban J connectivity index is 2.26. The van der Waals surface area contributed by atoms with E-state index in [-0.39, 0.29) is 11.5 Å². The van der Waals surface area contributed by atoms with E-state index in [0.29, 0.717) is 11.3 Å². The molecule has 0 aliphatic carbocycles. The van der Waals surface area contributed by atoms with Crippen LogP contribution in [0.1, 0.15) is 38.2 Å². The summed E-state index contributed by atoms with van der Waals surface area (Å²) in [5, 5.41) is 9.28. The molecule has 1 heterocycles. The van der Waals surface area contributed by atoms with Gasteiger partial charge in [0.15, 0.2) is 0 Å². The van der Waals surface area contributed by atoms with Crippen molar-refractivity contribution in [3.63, 3.8) is 0 Å². The van der Waals surface area contributed by atoms with Crippen molar-refractivity contribution < 1.29 is 18.3 Å². The number of benzene rings is 1. The Hall–Kier alpha value is -1.17. The van der Waals surface area contributed by atoms with Crippen molar-refractivity contribution in [1.82, 2.24) is 0 Å². The second-order valence-electron chi connectivity index (χ2n) is 5.73. The van der Waals surface area contributed by atoms with Crippen LogP contribution >= 0.6 is 0 Å². The SMILES string of the molecule is CCCCC[C@@H]1O[C@@H](CO)C=C1S(=O)(=O)c1ccc(C)cc1. The zero-order chi connectivity index (χ0) is 16.2. The molecule has 122 valence electrons. The molecule has 1 aromatic carbocycles. The van der Waals surface area contributed by atoms with Crippen LogP contribution in [0.2, 0.25) is 0 Å². The third-order valence-corrected chi connectivity index (χ3v) is 5.81. The Morgan fingerprint density at radius 2 is 1.86 bits per heavy atom. The predicted octanol–water partition coefficient (Wildman–Crippen LogP) is 2.99. The number of hydrogen-bond acceptors (Lipinski definition) is 4. The Bertz CT molecular complexity index is 617. The summed E-state index contributed by atoms with van der Waals surface area (Å²) < 4.78 is 31.3. The topological polar surface area (TPSA) is 63.6 Å². The Morgan fingerprint density at radius 3 is 2.45 bits per heavy atom. The molecule has 0 unspecified atom stereocenters. The lowest BCUT2D eigenvalue weighted by Gasteiger charge is -2.16. The van der Waals surface area contributed by atoms with Gasteiger partial charge in [0.05, 0.1) is 22.5 Å². The minimum atomic E-state index is -3.56. The van der Waals surface area contributed by atoms with Crippen LogP contribution in [0.25, 0.3) is 0 Å². The Labute approximate surface area is 132 Å². The summed E-state index contributed by atoms with van der Waals surface area (Å²) in [5.74, 6) is 0. The second-order valence-corrected chi connectivity index (χ2v) is 7.68. The van der Waals surface area contributed by atoms with Gasteiger partial charge in [-0.1, -0.05) is 43.9 Å². The van der Waals surface area contributed by atoms with E-state index in [4.69, 9.17) is 4.74 Å². The van der Waals surface area contributed by atoms with Crippen molar-refractivity contribution in [2.75, 3.05) is 6.61 Å². The zero-order valence-corrected chi connectivity index (χ0v) is 14.0. The highest BCUT2D eigenvalue weighted by Crippen LogP contribution is 2.32. The molecule has 2 atom stereocenters. The van der Waals surface area contributed by atoms with Crippen LogP contribution in [0, 0.1) is 6.92 Å². The molecule has 5 heteroatoms. The lowest BCUT2D eigenvalue weighted by Crippen LogP contribution is -2.20. The minimum Gasteiger partial charge on any atom is -0.393 e. The lowest BCUT2D eigenvalue weighted by atomic mass is 10.1. The molecule has 0 radical (unpaired) electrons. The number of sulfone groups is 1. The van der Waals surface area contributed by atoms with Gasteiger partial charge in [0.1, 0.15) is 6.10 Å². The maximum Gasteiger partial charge on any atom is 0.205 e. The molecule has 0 aromatic heterocycles. The van der Waals surface area contributed by atoms with Crippen LogP contribution in [0.15, 0.2) is 40.1 Å². The quantitative estimate of drug-likeness (QED) is 0.783. The summed E-state index contributed by atoms with van der Waals surface area (Å²) in [5.41, 5.74) is 1.02. The van der Waals surface area contributed by atoms with Crippen LogP contribution in [0.5, 0.6) is 0 Å². The van der Waals surface area contributed by atoms with Gasteiger partial charge in [-0.3, -0.25) is 0 Å². The van der Waals surface area contributed by atoms with Gasteiger partial charge in [0.25, 0.3) is 0 Å². The summed E-state index contributed by atoms with van der Waals surface area (Å²) in [7, 11) is -3.56. The van der Waals surface area contributed by atoms with Crippen molar-refractivity contribution in [2.24, 2.45) is 0 Å². The molecular formula is C17H24O4S. The summed E-state index contributed by atoms with van der Waals surface area (Å²) in [6, 6.07) is 6.83. The third-order valence-electron chi connectivity index (χ3n) is 3.90. The van der Waals surface area contributed by atoms with Gasteiger partial charge in [-0.05, 0) is 31.6 Å². The minimum absolute atomic E-state index is 0.197. The molecule has 2 rings (SSSR count). The highest BCUT2D eigenvalue weighted by Gasteiger charge is 2.35. The average Bonchev–Trinajstić information content (AvgIpc) is 2.92. The number of rotatable bonds is 7. The molecule has 0 bridgehead atoms. The fourth-order valence-electron chi connectivity index (χ4n) is 2.61. The number of unbranched alkanes of at least 4 members (excludes halogenated alkanes) is 2. The van der Waals surface area contributed by atoms with E-state index in [2.05, 4.69) is 6.92 Å². The lowest BCUT2D eigenvalue weighted by molar-refractivity contribution is 0.0202. The van der Waals surface area contributed by atoms with Gasteiger partial charge in [0.2, 0.25) is 9.84 Å². The molecule has 0 saturated heterocycles. The van der Waals surface area contributed by atoms with E-state index < -0.39 is 22.0 Å². The zero-order valence-electron chi connectivity index (χ0n) is 13.2. The molecule has 1 aliphatic heterocycles. The summed E-state index contributed by atoms with van der Waals surface area (Å²) in [4.78, 5) is 0.582. The van der Waals surface area contributed by atoms with Crippen molar-refractivity contribution in [3.8, 4) is 0 Å². The highest BCUT2D eigenvalue weighted by molar-refractivity contribution is 7.95. The first-order valence-electron chi connectivity index (χ1n) is 7.78. The van der Waals surface area contributed by atoms with Gasteiger partial charge < -0.3 is 9.84 Å². The third kappa shape index (κ3) is 3.77. The maximum absolute atomic E-state index is 12.8. The van der Waals surface area contributed by atoms with E-state index in [9.17, 15) is 13.5 Å². The van der Waals surface area contributed by atoms with E-state index in [1.54, 1.807) is 30.3 Å². The largest absolute Gasteiger partial charge is 0.393 e. The average molecular weight is 324 g/mol. The standard InChI is InChI=1S/C17H24O4S/c1-3-4-5-6-16-17(11-14(12-18)21-16)22(19,20)15-9-7-13(2)8-10-15/h7-11,14,16,18H,3-6,12H2,1-2H3/t14-,16+/m1/s1. The van der Waals surface area contributed by atoms with Gasteiger partial charge in [0, 0.05) is 0 Å². The normalized spacial score (nSPS) is 21.9. The molecule has 0 fully saturated rings. The van der Waals surface area contributed by atoms with Crippen LogP contribution in [-0.4, -0.2) is 32.3 Å². The molecular weight excluding hydrogens is 300 g/mol. The smallest absolute Gasteiger partial charge is 0.205 e. The van der Waals surface area contributed by atoms with Gasteiger partial charge in [-0.2, -0.15) is 0 Å². The Morgan fingerprint density at radius 1 is 1.18 bits per heavy atom. The van der Waals surface area contributed by atoms with Crippen LogP contribution in [-0.2, 0) is 14.6 Å². The number of aliphatic hydroxyl groups excluding tert-OH is 1. The van der Waals surface area contributed by atoms with Crippen molar-refractivity contribution >= 4 is 9.84 Å². The van der Waals surface area contributed by atoms with Gasteiger partial charge in [-0.25, -0.2) is 8.42 Å². The Kier molecular flexibility index (Phi) is 5.78. The van der Waals surface area contributed by atoms with E-state index in [1.165, 1.54) is 0 Å². The van der Waals surface area contributed by atoms with Crippen molar-refractivity contribution in [1.29, 1.82) is 0 Å². The first-order valence-corrected chi connectivity index (χ1v) is 9.27. The van der Waals surface area contributed by atoms with Crippen molar-refractivity contribution in [2.45, 2.75) is 56.6 Å². The van der Waals surface area contributed by atoms with Crippen LogP contribution in [0.4, 0.5) is 0 Å². The predicted molar refractivity (Wildman–Crippen MR) is 86.3 cm³/mol. The summed E-state index contributed by atoms with van der Waals surface area (Å²) >= 11 is 0.